The Balaban J connectivity index is 1.66. The van der Waals surface area contributed by atoms with Gasteiger partial charge in [0, 0.05) is 17.8 Å². The normalized spacial score (nSPS) is 17.2. The van der Waals surface area contributed by atoms with Crippen molar-refractivity contribution >= 4 is 33.1 Å². The topological polar surface area (TPSA) is 76.6 Å². The summed E-state index contributed by atoms with van der Waals surface area (Å²) in [5.74, 6) is 0.510. The Kier molecular flexibility index (Phi) is 4.62. The van der Waals surface area contributed by atoms with Gasteiger partial charge in [-0.05, 0) is 30.7 Å². The lowest BCUT2D eigenvalue weighted by Crippen LogP contribution is -3.05. The molecule has 0 aliphatic heterocycles. The first-order chi connectivity index (χ1) is 12.5. The lowest BCUT2D eigenvalue weighted by Gasteiger charge is -2.18. The predicted octanol–water partition coefficient (Wildman–Crippen LogP) is 1.04. The number of carbonyl (C=O) groups is 1. The third-order valence-corrected chi connectivity index (χ3v) is 6.19. The van der Waals surface area contributed by atoms with E-state index in [-0.39, 0.29) is 11.7 Å². The van der Waals surface area contributed by atoms with Crippen molar-refractivity contribution in [1.29, 1.82) is 0 Å². The van der Waals surface area contributed by atoms with Crippen molar-refractivity contribution in [3.63, 3.8) is 0 Å². The highest BCUT2D eigenvalue weighted by molar-refractivity contribution is 7.19. The van der Waals surface area contributed by atoms with Gasteiger partial charge in [-0.2, -0.15) is 0 Å². The van der Waals surface area contributed by atoms with Crippen LogP contribution in [-0.4, -0.2) is 52.7 Å². The second-order valence-corrected chi connectivity index (χ2v) is 8.51. The number of thiophene rings is 1. The monoisotopic (exact) mass is 373 g/mol. The zero-order valence-electron chi connectivity index (χ0n) is 15.5. The molecule has 1 aliphatic carbocycles. The van der Waals surface area contributed by atoms with Crippen molar-refractivity contribution in [2.24, 2.45) is 0 Å². The number of fused-ring (bicyclic) bond motifs is 5. The molecular weight excluding hydrogens is 348 g/mol. The van der Waals surface area contributed by atoms with Gasteiger partial charge in [0.1, 0.15) is 11.2 Å². The summed E-state index contributed by atoms with van der Waals surface area (Å²) in [5, 5.41) is 8.37. The number of nitrogens with one attached hydrogen (secondary N) is 2. The molecule has 7 nitrogen and oxygen atoms in total. The molecule has 0 saturated carbocycles. The Hall–Kier alpha value is -2.06. The van der Waals surface area contributed by atoms with Gasteiger partial charge in [-0.3, -0.25) is 4.79 Å². The van der Waals surface area contributed by atoms with Gasteiger partial charge < -0.3 is 10.2 Å². The fourth-order valence-electron chi connectivity index (χ4n) is 3.70. The second kappa shape index (κ2) is 6.92. The second-order valence-electron chi connectivity index (χ2n) is 7.43. The van der Waals surface area contributed by atoms with Crippen LogP contribution in [0.3, 0.4) is 0 Å². The van der Waals surface area contributed by atoms with Crippen LogP contribution in [-0.2, 0) is 6.42 Å². The van der Waals surface area contributed by atoms with Gasteiger partial charge in [0.25, 0.3) is 5.91 Å². The molecule has 2 N–H and O–H groups in total. The molecule has 0 aromatic carbocycles. The standard InChI is InChI=1S/C18H24N6OS/c1-11-6-4-7-12-13(11)14-16-21-15(17(25)19-8-5-9-23(2)3)22-24(16)10-20-18(14)26-12/h10-11H,4-9H2,1-3H3,(H,19,25)/p+1/t11-/m0/s1. The molecule has 3 aromatic rings. The number of aromatic nitrogens is 4. The van der Waals surface area contributed by atoms with E-state index in [2.05, 4.69) is 41.4 Å². The fourth-order valence-corrected chi connectivity index (χ4v) is 5.00. The minimum Gasteiger partial charge on any atom is -0.349 e. The highest BCUT2D eigenvalue weighted by Crippen LogP contribution is 2.42. The third kappa shape index (κ3) is 3.07. The maximum absolute atomic E-state index is 12.4. The molecule has 138 valence electrons. The summed E-state index contributed by atoms with van der Waals surface area (Å²) >= 11 is 1.76. The molecule has 1 atom stereocenters. The number of hydrogen-bond acceptors (Lipinski definition) is 5. The van der Waals surface area contributed by atoms with Crippen molar-refractivity contribution in [3.8, 4) is 0 Å². The van der Waals surface area contributed by atoms with E-state index in [1.54, 1.807) is 22.2 Å². The number of carbonyl (C=O) groups excluding carboxylic acids is 1. The molecule has 3 aromatic heterocycles. The molecule has 0 spiro atoms. The molecule has 0 radical (unpaired) electrons. The van der Waals surface area contributed by atoms with Gasteiger partial charge in [-0.1, -0.05) is 6.92 Å². The van der Waals surface area contributed by atoms with Gasteiger partial charge in [0.2, 0.25) is 5.82 Å². The molecule has 0 saturated heterocycles. The number of rotatable bonds is 5. The first-order valence-electron chi connectivity index (χ1n) is 9.28. The molecule has 26 heavy (non-hydrogen) atoms. The smallest absolute Gasteiger partial charge is 0.290 e. The summed E-state index contributed by atoms with van der Waals surface area (Å²) in [6.07, 6.45) is 6.13. The largest absolute Gasteiger partial charge is 0.349 e. The van der Waals surface area contributed by atoms with Gasteiger partial charge in [0.15, 0.2) is 5.65 Å². The van der Waals surface area contributed by atoms with E-state index in [1.807, 2.05) is 0 Å². The lowest BCUT2D eigenvalue weighted by atomic mass is 9.87. The molecular formula is C18H25N6OS+. The molecule has 3 heterocycles. The molecule has 0 fully saturated rings. The van der Waals surface area contributed by atoms with E-state index in [9.17, 15) is 4.79 Å². The quantitative estimate of drug-likeness (QED) is 0.656. The Morgan fingerprint density at radius 2 is 2.31 bits per heavy atom. The average Bonchev–Trinajstić information content (AvgIpc) is 3.19. The minimum absolute atomic E-state index is 0.215. The van der Waals surface area contributed by atoms with Crippen LogP contribution in [0.5, 0.6) is 0 Å². The van der Waals surface area contributed by atoms with E-state index in [0.29, 0.717) is 12.5 Å². The maximum Gasteiger partial charge on any atom is 0.290 e. The van der Waals surface area contributed by atoms with Crippen LogP contribution in [0.1, 0.15) is 53.2 Å². The zero-order valence-corrected chi connectivity index (χ0v) is 16.3. The van der Waals surface area contributed by atoms with Crippen LogP contribution >= 0.6 is 11.3 Å². The average molecular weight is 374 g/mol. The third-order valence-electron chi connectivity index (χ3n) is 5.02. The number of hydrogen-bond donors (Lipinski definition) is 2. The Morgan fingerprint density at radius 3 is 3.12 bits per heavy atom. The van der Waals surface area contributed by atoms with E-state index in [4.69, 9.17) is 0 Å². The zero-order chi connectivity index (χ0) is 18.3. The van der Waals surface area contributed by atoms with Crippen LogP contribution < -0.4 is 10.2 Å². The van der Waals surface area contributed by atoms with Crippen LogP contribution in [0, 0.1) is 0 Å². The van der Waals surface area contributed by atoms with E-state index < -0.39 is 0 Å². The number of amides is 1. The van der Waals surface area contributed by atoms with Crippen molar-refractivity contribution in [2.75, 3.05) is 27.2 Å². The summed E-state index contributed by atoms with van der Waals surface area (Å²) in [6, 6.07) is 0. The fraction of sp³-hybridized carbons (Fsp3) is 0.556. The Morgan fingerprint density at radius 1 is 1.46 bits per heavy atom. The van der Waals surface area contributed by atoms with Crippen molar-refractivity contribution < 1.29 is 9.69 Å². The molecule has 1 amide bonds. The van der Waals surface area contributed by atoms with Crippen LogP contribution in [0.25, 0.3) is 15.9 Å². The van der Waals surface area contributed by atoms with Crippen molar-refractivity contribution in [3.05, 3.63) is 22.6 Å². The van der Waals surface area contributed by atoms with Crippen LogP contribution in [0.2, 0.25) is 0 Å². The molecule has 8 heteroatoms. The first kappa shape index (κ1) is 17.4. The lowest BCUT2D eigenvalue weighted by molar-refractivity contribution is -0.858. The van der Waals surface area contributed by atoms with E-state index >= 15 is 0 Å². The summed E-state index contributed by atoms with van der Waals surface area (Å²) in [6.45, 7) is 3.92. The molecule has 0 unspecified atom stereocenters. The van der Waals surface area contributed by atoms with E-state index in [0.717, 1.165) is 35.3 Å². The predicted molar refractivity (Wildman–Crippen MR) is 102 cm³/mol. The number of aryl methyl sites for hydroxylation is 1. The minimum atomic E-state index is -0.215. The highest BCUT2D eigenvalue weighted by atomic mass is 32.1. The van der Waals surface area contributed by atoms with Crippen molar-refractivity contribution in [1.82, 2.24) is 24.9 Å². The maximum atomic E-state index is 12.4. The Labute approximate surface area is 156 Å². The molecule has 1 aliphatic rings. The van der Waals surface area contributed by atoms with E-state index in [1.165, 1.54) is 28.2 Å². The number of quaternary nitrogens is 1. The summed E-state index contributed by atoms with van der Waals surface area (Å²) in [4.78, 5) is 25.3. The van der Waals surface area contributed by atoms with Crippen molar-refractivity contribution in [2.45, 2.75) is 38.5 Å². The first-order valence-corrected chi connectivity index (χ1v) is 10.1. The molecule has 4 rings (SSSR count). The summed E-state index contributed by atoms with van der Waals surface area (Å²) < 4.78 is 1.65. The molecule has 0 bridgehead atoms. The SMILES string of the molecule is C[C@H]1CCCc2sc3ncn4nc(C(=O)NCCC[NH+](C)C)nc4c3c21. The van der Waals surface area contributed by atoms with Crippen LogP contribution in [0.4, 0.5) is 0 Å². The van der Waals surface area contributed by atoms with Gasteiger partial charge in [0.05, 0.1) is 26.0 Å². The van der Waals surface area contributed by atoms with Gasteiger partial charge >= 0.3 is 0 Å². The summed E-state index contributed by atoms with van der Waals surface area (Å²) in [7, 11) is 4.21. The Bertz CT molecular complexity index is 960. The highest BCUT2D eigenvalue weighted by Gasteiger charge is 2.25. The van der Waals surface area contributed by atoms with Crippen LogP contribution in [0.15, 0.2) is 6.33 Å². The van der Waals surface area contributed by atoms with Gasteiger partial charge in [-0.15, -0.1) is 16.4 Å². The number of nitrogens with zero attached hydrogens (tertiary/aromatic N) is 4. The summed E-state index contributed by atoms with van der Waals surface area (Å²) in [5.41, 5.74) is 2.12. The van der Waals surface area contributed by atoms with Gasteiger partial charge in [-0.25, -0.2) is 14.5 Å².